The topological polar surface area (TPSA) is 37.3 Å². The van der Waals surface area contributed by atoms with Crippen LogP contribution in [0.3, 0.4) is 0 Å². The lowest BCUT2D eigenvalue weighted by atomic mass is 9.55. The summed E-state index contributed by atoms with van der Waals surface area (Å²) in [6, 6.07) is 0. The molecule has 3 saturated carbocycles. The molecule has 68 valence electrons. The summed E-state index contributed by atoms with van der Waals surface area (Å²) in [6.07, 6.45) is 3.49. The molecule has 0 aromatic rings. The zero-order chi connectivity index (χ0) is 8.98. The highest BCUT2D eigenvalue weighted by Gasteiger charge is 2.53. The summed E-state index contributed by atoms with van der Waals surface area (Å²) < 4.78 is 0. The van der Waals surface area contributed by atoms with Crippen LogP contribution < -0.4 is 0 Å². The van der Waals surface area contributed by atoms with Crippen LogP contribution in [0.5, 0.6) is 0 Å². The number of hydrogen-bond donors (Lipinski definition) is 1. The van der Waals surface area contributed by atoms with Crippen molar-refractivity contribution in [2.75, 3.05) is 0 Å². The summed E-state index contributed by atoms with van der Waals surface area (Å²) in [5, 5.41) is 9.98. The van der Waals surface area contributed by atoms with Gasteiger partial charge in [0.2, 0.25) is 0 Å². The summed E-state index contributed by atoms with van der Waals surface area (Å²) in [7, 11) is 0. The van der Waals surface area contributed by atoms with Gasteiger partial charge in [-0.3, -0.25) is 4.79 Å². The zero-order valence-corrected chi connectivity index (χ0v) is 7.76. The van der Waals surface area contributed by atoms with Crippen LogP contribution in [-0.2, 0) is 4.79 Å². The minimum atomic E-state index is -0.720. The minimum absolute atomic E-state index is 0.0701. The van der Waals surface area contributed by atoms with Gasteiger partial charge in [-0.05, 0) is 31.6 Å². The molecular weight excluding hydrogens is 152 g/mol. The van der Waals surface area contributed by atoms with Crippen molar-refractivity contribution in [2.24, 2.45) is 11.3 Å². The predicted octanol–water partition coefficient (Wildman–Crippen LogP) is 1.52. The highest BCUT2D eigenvalue weighted by atomic mass is 16.3. The van der Waals surface area contributed by atoms with E-state index in [-0.39, 0.29) is 17.1 Å². The van der Waals surface area contributed by atoms with Crippen molar-refractivity contribution in [1.29, 1.82) is 0 Å². The maximum absolute atomic E-state index is 11.5. The molecule has 1 N–H and O–H groups in total. The summed E-state index contributed by atoms with van der Waals surface area (Å²) in [6.45, 7) is 3.93. The number of carbonyl (C=O) groups is 1. The van der Waals surface area contributed by atoms with Crippen LogP contribution >= 0.6 is 0 Å². The highest BCUT2D eigenvalue weighted by molar-refractivity contribution is 5.84. The van der Waals surface area contributed by atoms with E-state index >= 15 is 0 Å². The monoisotopic (exact) mass is 168 g/mol. The van der Waals surface area contributed by atoms with Gasteiger partial charge in [-0.1, -0.05) is 6.92 Å². The molecule has 2 nitrogen and oxygen atoms in total. The van der Waals surface area contributed by atoms with E-state index in [1.165, 1.54) is 0 Å². The van der Waals surface area contributed by atoms with Gasteiger partial charge in [-0.15, -0.1) is 0 Å². The Morgan fingerprint density at radius 2 is 2.17 bits per heavy atom. The smallest absolute Gasteiger partial charge is 0.139 e. The number of hydrogen-bond acceptors (Lipinski definition) is 2. The third-order valence-corrected chi connectivity index (χ3v) is 3.56. The van der Waals surface area contributed by atoms with Gasteiger partial charge >= 0.3 is 0 Å². The molecule has 2 heteroatoms. The van der Waals surface area contributed by atoms with Gasteiger partial charge in [0.15, 0.2) is 0 Å². The molecule has 0 aromatic heterocycles. The molecule has 0 unspecified atom stereocenters. The molecule has 0 amide bonds. The first-order chi connectivity index (χ1) is 5.43. The molecule has 0 saturated heterocycles. The van der Waals surface area contributed by atoms with E-state index in [9.17, 15) is 9.90 Å². The second-order valence-corrected chi connectivity index (χ2v) is 5.08. The zero-order valence-electron chi connectivity index (χ0n) is 7.76. The standard InChI is InChI=1S/C10H16O2/c1-9-4-3-7(8(11)5-9)10(2,12)6-9/h7,12H,3-6H2,1-2H3/t7-,9+,10+/m1/s1. The Bertz CT molecular complexity index is 229. The number of aliphatic hydroxyl groups is 1. The molecule has 3 atom stereocenters. The van der Waals surface area contributed by atoms with Crippen molar-refractivity contribution < 1.29 is 9.90 Å². The van der Waals surface area contributed by atoms with Crippen molar-refractivity contribution in [2.45, 2.75) is 45.1 Å². The van der Waals surface area contributed by atoms with Crippen molar-refractivity contribution in [3.8, 4) is 0 Å². The second kappa shape index (κ2) is 2.11. The number of carbonyl (C=O) groups excluding carboxylic acids is 1. The Labute approximate surface area is 73.0 Å². The van der Waals surface area contributed by atoms with Crippen molar-refractivity contribution in [3.05, 3.63) is 0 Å². The Morgan fingerprint density at radius 1 is 1.50 bits per heavy atom. The lowest BCUT2D eigenvalue weighted by Gasteiger charge is -2.51. The van der Waals surface area contributed by atoms with Crippen LogP contribution in [0.4, 0.5) is 0 Å². The van der Waals surface area contributed by atoms with E-state index in [1.807, 2.05) is 6.92 Å². The van der Waals surface area contributed by atoms with Crippen molar-refractivity contribution in [3.63, 3.8) is 0 Å². The average Bonchev–Trinajstić information content (AvgIpc) is 1.80. The molecular formula is C10H16O2. The Kier molecular flexibility index (Phi) is 1.45. The van der Waals surface area contributed by atoms with Crippen molar-refractivity contribution >= 4 is 5.78 Å². The summed E-state index contributed by atoms with van der Waals surface area (Å²) in [5.41, 5.74) is -0.627. The van der Waals surface area contributed by atoms with Gasteiger partial charge in [0, 0.05) is 12.3 Å². The SMILES string of the molecule is C[C@]12CC[C@H](C(=O)C1)[C@@](C)(O)C2. The van der Waals surface area contributed by atoms with Crippen LogP contribution in [0.1, 0.15) is 39.5 Å². The molecule has 0 heterocycles. The third kappa shape index (κ3) is 1.01. The van der Waals surface area contributed by atoms with E-state index < -0.39 is 5.60 Å². The van der Waals surface area contributed by atoms with Crippen molar-refractivity contribution in [1.82, 2.24) is 0 Å². The molecule has 0 aromatic carbocycles. The molecule has 12 heavy (non-hydrogen) atoms. The lowest BCUT2D eigenvalue weighted by molar-refractivity contribution is -0.157. The molecule has 0 spiro atoms. The van der Waals surface area contributed by atoms with Gasteiger partial charge in [-0.2, -0.15) is 0 Å². The van der Waals surface area contributed by atoms with Crippen LogP contribution in [0, 0.1) is 11.3 Å². The van der Waals surface area contributed by atoms with E-state index in [1.54, 1.807) is 0 Å². The molecule has 3 aliphatic rings. The minimum Gasteiger partial charge on any atom is -0.389 e. The molecule has 0 radical (unpaired) electrons. The van der Waals surface area contributed by atoms with Gasteiger partial charge < -0.3 is 5.11 Å². The summed E-state index contributed by atoms with van der Waals surface area (Å²) in [4.78, 5) is 11.5. The number of ketones is 1. The molecule has 0 aliphatic heterocycles. The Hall–Kier alpha value is -0.370. The van der Waals surface area contributed by atoms with Crippen LogP contribution in [-0.4, -0.2) is 16.5 Å². The number of rotatable bonds is 0. The fraction of sp³-hybridized carbons (Fsp3) is 0.900. The molecule has 3 rings (SSSR count). The highest BCUT2D eigenvalue weighted by Crippen LogP contribution is 2.52. The lowest BCUT2D eigenvalue weighted by Crippen LogP contribution is -2.54. The molecule has 3 aliphatic carbocycles. The van der Waals surface area contributed by atoms with Gasteiger partial charge in [0.25, 0.3) is 0 Å². The molecule has 3 fully saturated rings. The first-order valence-corrected chi connectivity index (χ1v) is 4.68. The van der Waals surface area contributed by atoms with Gasteiger partial charge in [0.05, 0.1) is 5.60 Å². The quantitative estimate of drug-likeness (QED) is 0.595. The van der Waals surface area contributed by atoms with Crippen LogP contribution in [0.25, 0.3) is 0 Å². The second-order valence-electron chi connectivity index (χ2n) is 5.08. The van der Waals surface area contributed by atoms with E-state index in [4.69, 9.17) is 0 Å². The van der Waals surface area contributed by atoms with E-state index in [2.05, 4.69) is 6.92 Å². The summed E-state index contributed by atoms with van der Waals surface area (Å²) >= 11 is 0. The maximum Gasteiger partial charge on any atom is 0.139 e. The van der Waals surface area contributed by atoms with Gasteiger partial charge in [-0.25, -0.2) is 0 Å². The number of fused-ring (bicyclic) bond motifs is 3. The fourth-order valence-electron chi connectivity index (χ4n) is 3.08. The average molecular weight is 168 g/mol. The number of Topliss-reactive ketones (excluding diaryl/α,β-unsaturated/α-hetero) is 1. The van der Waals surface area contributed by atoms with Crippen LogP contribution in [0.15, 0.2) is 0 Å². The first-order valence-electron chi connectivity index (χ1n) is 4.68. The Morgan fingerprint density at radius 3 is 2.58 bits per heavy atom. The summed E-state index contributed by atoms with van der Waals surface area (Å²) in [5.74, 6) is 0.208. The normalized spacial score (nSPS) is 52.9. The third-order valence-electron chi connectivity index (χ3n) is 3.56. The molecule has 2 bridgehead atoms. The fourth-order valence-corrected chi connectivity index (χ4v) is 3.08. The largest absolute Gasteiger partial charge is 0.389 e. The van der Waals surface area contributed by atoms with E-state index in [0.717, 1.165) is 19.3 Å². The first kappa shape index (κ1) is 8.24. The van der Waals surface area contributed by atoms with E-state index in [0.29, 0.717) is 6.42 Å². The van der Waals surface area contributed by atoms with Crippen LogP contribution in [0.2, 0.25) is 0 Å². The Balaban J connectivity index is 2.34. The predicted molar refractivity (Wildman–Crippen MR) is 45.7 cm³/mol. The maximum atomic E-state index is 11.5. The van der Waals surface area contributed by atoms with Gasteiger partial charge in [0.1, 0.15) is 5.78 Å².